The van der Waals surface area contributed by atoms with Crippen molar-refractivity contribution in [1.29, 1.82) is 0 Å². The molecule has 0 bridgehead atoms. The van der Waals surface area contributed by atoms with Crippen molar-refractivity contribution < 1.29 is 37.9 Å². The number of ether oxygens (including phenoxy) is 1. The van der Waals surface area contributed by atoms with Crippen LogP contribution in [0, 0.1) is 0 Å². The van der Waals surface area contributed by atoms with E-state index in [0.29, 0.717) is 74.8 Å². The first-order valence-corrected chi connectivity index (χ1v) is 24.5. The van der Waals surface area contributed by atoms with Crippen molar-refractivity contribution in [3.8, 4) is 22.9 Å². The molecule has 2 unspecified atom stereocenters. The molecule has 0 spiro atoms. The standard InChI is InChI=1S/C48H54N8O8S2/c1-48(2,3)64-47(61)50-37(45(58)54-23-25-56-41(29-35(52-56)43-17-11-27-63-43)39(54)21-19-33-14-8-5-9-15-33)31-66-65-30-36(49-46(59)60)44(57)53-22-24-55-40(28-34(51-55)42-16-10-26-62-42)38(53)20-18-32-12-6-4-7-13-32/h4-17,26-29,36-39,49H,18-25,30-31H2,1-3H3,(H,50,61)(H,59,60)/t36-,37-,38?,39?/m0/s1. The van der Waals surface area contributed by atoms with Crippen molar-refractivity contribution in [2.45, 2.75) is 89.3 Å². The van der Waals surface area contributed by atoms with Gasteiger partial charge in [0.05, 0.1) is 49.1 Å². The summed E-state index contributed by atoms with van der Waals surface area (Å²) >= 11 is 0. The fourth-order valence-electron chi connectivity index (χ4n) is 8.49. The number of fused-ring (bicyclic) bond motifs is 2. The van der Waals surface area contributed by atoms with Crippen molar-refractivity contribution in [1.82, 2.24) is 40.0 Å². The Balaban J connectivity index is 0.996. The van der Waals surface area contributed by atoms with E-state index in [1.165, 1.54) is 21.6 Å². The van der Waals surface area contributed by atoms with Crippen LogP contribution in [0.2, 0.25) is 0 Å². The zero-order valence-electron chi connectivity index (χ0n) is 37.1. The van der Waals surface area contributed by atoms with Crippen LogP contribution < -0.4 is 10.6 Å². The highest BCUT2D eigenvalue weighted by atomic mass is 33.1. The highest BCUT2D eigenvalue weighted by Gasteiger charge is 2.39. The molecule has 0 saturated heterocycles. The quantitative estimate of drug-likeness (QED) is 0.0588. The highest BCUT2D eigenvalue weighted by molar-refractivity contribution is 8.76. The van der Waals surface area contributed by atoms with Crippen LogP contribution in [0.25, 0.3) is 22.9 Å². The van der Waals surface area contributed by atoms with Gasteiger partial charge in [-0.15, -0.1) is 0 Å². The van der Waals surface area contributed by atoms with Crippen LogP contribution in [-0.2, 0) is 40.3 Å². The average molecular weight is 935 g/mol. The molecule has 8 rings (SSSR count). The molecule has 0 radical (unpaired) electrons. The second-order valence-electron chi connectivity index (χ2n) is 17.2. The molecule has 6 heterocycles. The fourth-order valence-corrected chi connectivity index (χ4v) is 10.8. The summed E-state index contributed by atoms with van der Waals surface area (Å²) in [5.74, 6) is 0.735. The van der Waals surface area contributed by atoms with Crippen LogP contribution in [0.3, 0.4) is 0 Å². The lowest BCUT2D eigenvalue weighted by molar-refractivity contribution is -0.137. The second kappa shape index (κ2) is 20.8. The number of aryl methyl sites for hydroxylation is 2. The fraction of sp³-hybridized carbons (Fsp3) is 0.375. The van der Waals surface area contributed by atoms with Gasteiger partial charge in [-0.2, -0.15) is 10.2 Å². The Hall–Kier alpha value is -6.40. The van der Waals surface area contributed by atoms with E-state index in [4.69, 9.17) is 23.8 Å². The van der Waals surface area contributed by atoms with E-state index in [1.54, 1.807) is 50.3 Å². The smallest absolute Gasteiger partial charge is 0.408 e. The SMILES string of the molecule is CC(C)(C)OC(=O)N[C@@H](CSSC[C@H](NC(=O)O)C(=O)N1CCn2nc(-c3ccco3)cc2C1CCc1ccccc1)C(=O)N1CCn2nc(-c3ccco3)cc2C1CCc1ccccc1. The third-order valence-corrected chi connectivity index (χ3v) is 13.9. The zero-order chi connectivity index (χ0) is 46.2. The van der Waals surface area contributed by atoms with E-state index in [2.05, 4.69) is 22.8 Å². The Bertz CT molecular complexity index is 2560. The average Bonchev–Trinajstić information content (AvgIpc) is 4.15. The summed E-state index contributed by atoms with van der Waals surface area (Å²) in [4.78, 5) is 58.6. The molecule has 4 aromatic heterocycles. The molecule has 4 atom stereocenters. The number of alkyl carbamates (subject to hydrolysis) is 1. The van der Waals surface area contributed by atoms with E-state index in [0.717, 1.165) is 22.5 Å². The first-order chi connectivity index (χ1) is 31.9. The minimum Gasteiger partial charge on any atom is -0.465 e. The van der Waals surface area contributed by atoms with E-state index >= 15 is 0 Å². The van der Waals surface area contributed by atoms with E-state index < -0.39 is 35.9 Å². The molecule has 2 aliphatic heterocycles. The van der Waals surface area contributed by atoms with Crippen molar-refractivity contribution in [3.63, 3.8) is 0 Å². The second-order valence-corrected chi connectivity index (χ2v) is 19.8. The maximum Gasteiger partial charge on any atom is 0.408 e. The van der Waals surface area contributed by atoms with Crippen LogP contribution in [0.4, 0.5) is 9.59 Å². The van der Waals surface area contributed by atoms with Crippen molar-refractivity contribution >= 4 is 45.6 Å². The molecule has 6 aromatic rings. The van der Waals surface area contributed by atoms with Crippen molar-refractivity contribution in [2.75, 3.05) is 24.6 Å². The van der Waals surface area contributed by atoms with Crippen LogP contribution in [0.5, 0.6) is 0 Å². The highest BCUT2D eigenvalue weighted by Crippen LogP contribution is 2.36. The van der Waals surface area contributed by atoms with Crippen molar-refractivity contribution in [3.05, 3.63) is 132 Å². The Kier molecular flexibility index (Phi) is 14.6. The van der Waals surface area contributed by atoms with Gasteiger partial charge in [-0.25, -0.2) is 9.59 Å². The van der Waals surface area contributed by atoms with Gasteiger partial charge < -0.3 is 39.1 Å². The van der Waals surface area contributed by atoms with Gasteiger partial charge in [-0.05, 0) is 94.0 Å². The van der Waals surface area contributed by atoms with Gasteiger partial charge in [-0.3, -0.25) is 19.0 Å². The molecule has 346 valence electrons. The van der Waals surface area contributed by atoms with Gasteiger partial charge in [0.15, 0.2) is 11.5 Å². The number of nitrogens with zero attached hydrogens (tertiary/aromatic N) is 6. The number of hydrogen-bond donors (Lipinski definition) is 3. The summed E-state index contributed by atoms with van der Waals surface area (Å²) in [5.41, 5.74) is 4.43. The van der Waals surface area contributed by atoms with E-state index in [-0.39, 0.29) is 29.4 Å². The van der Waals surface area contributed by atoms with Crippen LogP contribution in [-0.4, -0.2) is 101 Å². The monoisotopic (exact) mass is 934 g/mol. The minimum atomic E-state index is -1.33. The van der Waals surface area contributed by atoms with Crippen LogP contribution in [0.1, 0.15) is 68.2 Å². The lowest BCUT2D eigenvalue weighted by Crippen LogP contribution is -2.54. The molecule has 16 nitrogen and oxygen atoms in total. The first kappa shape index (κ1) is 46.1. The molecule has 0 saturated carbocycles. The summed E-state index contributed by atoms with van der Waals surface area (Å²) in [5, 5.41) is 24.9. The van der Waals surface area contributed by atoms with Gasteiger partial charge >= 0.3 is 12.2 Å². The predicted molar refractivity (Wildman–Crippen MR) is 251 cm³/mol. The molecule has 2 aromatic carbocycles. The number of carboxylic acid groups (broad SMARTS) is 1. The number of nitrogens with one attached hydrogen (secondary N) is 2. The number of carbonyl (C=O) groups excluding carboxylic acids is 3. The topological polar surface area (TPSA) is 190 Å². The van der Waals surface area contributed by atoms with E-state index in [1.807, 2.05) is 87.1 Å². The van der Waals surface area contributed by atoms with Gasteiger partial charge in [0.2, 0.25) is 11.8 Å². The number of rotatable bonds is 17. The normalized spacial score (nSPS) is 16.8. The molecule has 2 aliphatic rings. The van der Waals surface area contributed by atoms with Crippen LogP contribution >= 0.6 is 21.6 Å². The number of furan rings is 2. The third kappa shape index (κ3) is 11.3. The van der Waals surface area contributed by atoms with Crippen LogP contribution in [0.15, 0.2) is 118 Å². The zero-order valence-corrected chi connectivity index (χ0v) is 38.7. The first-order valence-electron chi connectivity index (χ1n) is 22.1. The maximum atomic E-state index is 14.9. The summed E-state index contributed by atoms with van der Waals surface area (Å²) in [6.45, 7) is 6.77. The summed E-state index contributed by atoms with van der Waals surface area (Å²) in [6.07, 6.45) is 3.66. The predicted octanol–water partition coefficient (Wildman–Crippen LogP) is 8.24. The van der Waals surface area contributed by atoms with Crippen molar-refractivity contribution in [2.24, 2.45) is 0 Å². The lowest BCUT2D eigenvalue weighted by atomic mass is 9.99. The molecular formula is C48H54N8O8S2. The largest absolute Gasteiger partial charge is 0.465 e. The molecular weight excluding hydrogens is 881 g/mol. The Labute approximate surface area is 390 Å². The molecule has 4 amide bonds. The minimum absolute atomic E-state index is 0.0557. The molecule has 3 N–H and O–H groups in total. The molecule has 0 aliphatic carbocycles. The number of amides is 4. The molecule has 66 heavy (non-hydrogen) atoms. The maximum absolute atomic E-state index is 14.9. The number of carbonyl (C=O) groups is 4. The summed E-state index contributed by atoms with van der Waals surface area (Å²) < 4.78 is 20.8. The Morgan fingerprint density at radius 2 is 1.14 bits per heavy atom. The summed E-state index contributed by atoms with van der Waals surface area (Å²) in [7, 11) is 2.52. The van der Waals surface area contributed by atoms with Gasteiger partial charge in [0, 0.05) is 24.6 Å². The Morgan fingerprint density at radius 1 is 0.682 bits per heavy atom. The van der Waals surface area contributed by atoms with Gasteiger partial charge in [-0.1, -0.05) is 82.3 Å². The van der Waals surface area contributed by atoms with Gasteiger partial charge in [0.1, 0.15) is 29.1 Å². The molecule has 0 fully saturated rings. The number of benzene rings is 2. The number of aromatic nitrogens is 4. The summed E-state index contributed by atoms with van der Waals surface area (Å²) in [6, 6.07) is 28.3. The molecule has 18 heteroatoms. The Morgan fingerprint density at radius 3 is 1.55 bits per heavy atom. The van der Waals surface area contributed by atoms with E-state index in [9.17, 15) is 24.3 Å². The lowest BCUT2D eigenvalue weighted by Gasteiger charge is -2.38. The van der Waals surface area contributed by atoms with Gasteiger partial charge in [0.25, 0.3) is 0 Å². The number of hydrogen-bond acceptors (Lipinski definition) is 11. The third-order valence-electron chi connectivity index (χ3n) is 11.5.